The van der Waals surface area contributed by atoms with Crippen molar-refractivity contribution in [3.63, 3.8) is 0 Å². The second kappa shape index (κ2) is 5.07. The summed E-state index contributed by atoms with van der Waals surface area (Å²) in [6, 6.07) is 0. The number of carbonyl (C=O) groups is 2. The molecule has 2 rings (SSSR count). The molecule has 1 amide bonds. The van der Waals surface area contributed by atoms with Crippen LogP contribution in [0, 0.1) is 17.8 Å². The standard InChI is InChI=1S/C13H21NO3/c1-9-3-2-6-14(8-9)12(15)10-4-5-11(7-10)13(16)17/h9-11H,2-8H2,1H3,(H,16,17)/t9?,10-,11+/m1/s1. The first-order valence-corrected chi connectivity index (χ1v) is 6.59. The highest BCUT2D eigenvalue weighted by Crippen LogP contribution is 2.33. The molecule has 2 fully saturated rings. The second-order valence-corrected chi connectivity index (χ2v) is 5.58. The Balaban J connectivity index is 1.90. The number of piperidine rings is 1. The Morgan fingerprint density at radius 3 is 2.47 bits per heavy atom. The lowest BCUT2D eigenvalue weighted by Gasteiger charge is -2.32. The Bertz CT molecular complexity index is 316. The summed E-state index contributed by atoms with van der Waals surface area (Å²) in [5.41, 5.74) is 0. The third-order valence-electron chi connectivity index (χ3n) is 4.10. The summed E-state index contributed by atoms with van der Waals surface area (Å²) < 4.78 is 0. The van der Waals surface area contributed by atoms with E-state index in [4.69, 9.17) is 5.11 Å². The first kappa shape index (κ1) is 12.4. The first-order valence-electron chi connectivity index (χ1n) is 6.59. The zero-order valence-electron chi connectivity index (χ0n) is 10.4. The Morgan fingerprint density at radius 2 is 1.88 bits per heavy atom. The van der Waals surface area contributed by atoms with Gasteiger partial charge in [-0.25, -0.2) is 0 Å². The fourth-order valence-corrected chi connectivity index (χ4v) is 3.08. The van der Waals surface area contributed by atoms with Gasteiger partial charge in [-0.3, -0.25) is 9.59 Å². The quantitative estimate of drug-likeness (QED) is 0.798. The number of nitrogens with zero attached hydrogens (tertiary/aromatic N) is 1. The van der Waals surface area contributed by atoms with E-state index < -0.39 is 5.97 Å². The number of rotatable bonds is 2. The zero-order chi connectivity index (χ0) is 12.4. The van der Waals surface area contributed by atoms with E-state index in [1.165, 1.54) is 6.42 Å². The normalized spacial score (nSPS) is 33.7. The van der Waals surface area contributed by atoms with E-state index in [2.05, 4.69) is 6.92 Å². The highest BCUT2D eigenvalue weighted by Gasteiger charge is 2.36. The number of carboxylic acid groups (broad SMARTS) is 1. The molecular weight excluding hydrogens is 218 g/mol. The van der Waals surface area contributed by atoms with Crippen molar-refractivity contribution in [3.8, 4) is 0 Å². The monoisotopic (exact) mass is 239 g/mol. The summed E-state index contributed by atoms with van der Waals surface area (Å²) in [5, 5.41) is 8.94. The molecule has 96 valence electrons. The van der Waals surface area contributed by atoms with Gasteiger partial charge in [-0.15, -0.1) is 0 Å². The van der Waals surface area contributed by atoms with Gasteiger partial charge in [0.1, 0.15) is 0 Å². The van der Waals surface area contributed by atoms with Crippen molar-refractivity contribution >= 4 is 11.9 Å². The van der Waals surface area contributed by atoms with Crippen LogP contribution in [0.1, 0.15) is 39.0 Å². The summed E-state index contributed by atoms with van der Waals surface area (Å²) in [5.74, 6) is -0.301. The van der Waals surface area contributed by atoms with Crippen LogP contribution in [0.3, 0.4) is 0 Å². The summed E-state index contributed by atoms with van der Waals surface area (Å²) in [7, 11) is 0. The van der Waals surface area contributed by atoms with Crippen LogP contribution in [0.5, 0.6) is 0 Å². The minimum Gasteiger partial charge on any atom is -0.481 e. The highest BCUT2D eigenvalue weighted by molar-refractivity contribution is 5.81. The largest absolute Gasteiger partial charge is 0.481 e. The van der Waals surface area contributed by atoms with Crippen molar-refractivity contribution in [2.45, 2.75) is 39.0 Å². The minimum absolute atomic E-state index is 0.0404. The molecule has 2 aliphatic rings. The Kier molecular flexibility index (Phi) is 3.69. The Morgan fingerprint density at radius 1 is 1.18 bits per heavy atom. The molecule has 1 aliphatic heterocycles. The summed E-state index contributed by atoms with van der Waals surface area (Å²) in [6.07, 6.45) is 4.24. The molecule has 4 heteroatoms. The first-order chi connectivity index (χ1) is 8.08. The Labute approximate surface area is 102 Å². The maximum atomic E-state index is 12.2. The number of aliphatic carboxylic acids is 1. The van der Waals surface area contributed by atoms with Gasteiger partial charge in [0.05, 0.1) is 5.92 Å². The smallest absolute Gasteiger partial charge is 0.306 e. The van der Waals surface area contributed by atoms with Crippen LogP contribution >= 0.6 is 0 Å². The average Bonchev–Trinajstić information content (AvgIpc) is 2.77. The maximum absolute atomic E-state index is 12.2. The molecule has 1 unspecified atom stereocenters. The molecular formula is C13H21NO3. The van der Waals surface area contributed by atoms with Gasteiger partial charge in [-0.1, -0.05) is 6.92 Å². The van der Waals surface area contributed by atoms with Crippen LogP contribution in [0.15, 0.2) is 0 Å². The van der Waals surface area contributed by atoms with Gasteiger partial charge < -0.3 is 10.0 Å². The molecule has 3 atom stereocenters. The minimum atomic E-state index is -0.743. The molecule has 4 nitrogen and oxygen atoms in total. The van der Waals surface area contributed by atoms with E-state index in [1.54, 1.807) is 0 Å². The van der Waals surface area contributed by atoms with Crippen LogP contribution in [0.2, 0.25) is 0 Å². The fourth-order valence-electron chi connectivity index (χ4n) is 3.08. The molecule has 1 saturated heterocycles. The summed E-state index contributed by atoms with van der Waals surface area (Å²) in [4.78, 5) is 25.1. The van der Waals surface area contributed by atoms with E-state index in [1.807, 2.05) is 4.90 Å². The molecule has 1 saturated carbocycles. The number of carboxylic acids is 1. The van der Waals surface area contributed by atoms with Gasteiger partial charge >= 0.3 is 5.97 Å². The van der Waals surface area contributed by atoms with Gasteiger partial charge in [0.2, 0.25) is 5.91 Å². The average molecular weight is 239 g/mol. The van der Waals surface area contributed by atoms with Gasteiger partial charge in [0.15, 0.2) is 0 Å². The molecule has 17 heavy (non-hydrogen) atoms. The lowest BCUT2D eigenvalue weighted by molar-refractivity contribution is -0.142. The molecule has 0 radical (unpaired) electrons. The zero-order valence-corrected chi connectivity index (χ0v) is 10.4. The van der Waals surface area contributed by atoms with E-state index in [9.17, 15) is 9.59 Å². The van der Waals surface area contributed by atoms with Crippen LogP contribution in [0.25, 0.3) is 0 Å². The predicted octanol–water partition coefficient (Wildman–Crippen LogP) is 1.75. The number of likely N-dealkylation sites (tertiary alicyclic amines) is 1. The van der Waals surface area contributed by atoms with Crippen molar-refractivity contribution in [2.75, 3.05) is 13.1 Å². The van der Waals surface area contributed by atoms with Crippen molar-refractivity contribution in [2.24, 2.45) is 17.8 Å². The van der Waals surface area contributed by atoms with E-state index >= 15 is 0 Å². The van der Waals surface area contributed by atoms with E-state index in [-0.39, 0.29) is 17.7 Å². The maximum Gasteiger partial charge on any atom is 0.306 e. The number of hydrogen-bond acceptors (Lipinski definition) is 2. The van der Waals surface area contributed by atoms with Gasteiger partial charge in [0.25, 0.3) is 0 Å². The SMILES string of the molecule is CC1CCCN(C(=O)[C@@H]2CC[C@H](C(=O)O)C2)C1. The van der Waals surface area contributed by atoms with Crippen molar-refractivity contribution in [1.82, 2.24) is 4.90 Å². The van der Waals surface area contributed by atoms with Crippen molar-refractivity contribution in [1.29, 1.82) is 0 Å². The van der Waals surface area contributed by atoms with Crippen molar-refractivity contribution < 1.29 is 14.7 Å². The third kappa shape index (κ3) is 2.79. The molecule has 0 bridgehead atoms. The molecule has 0 aromatic carbocycles. The van der Waals surface area contributed by atoms with Gasteiger partial charge in [-0.2, -0.15) is 0 Å². The lowest BCUT2D eigenvalue weighted by atomic mass is 9.97. The highest BCUT2D eigenvalue weighted by atomic mass is 16.4. The fraction of sp³-hybridized carbons (Fsp3) is 0.846. The summed E-state index contributed by atoms with van der Waals surface area (Å²) >= 11 is 0. The molecule has 0 aromatic heterocycles. The molecule has 1 N–H and O–H groups in total. The molecule has 0 aromatic rings. The number of carbonyl (C=O) groups excluding carboxylic acids is 1. The lowest BCUT2D eigenvalue weighted by Crippen LogP contribution is -2.42. The van der Waals surface area contributed by atoms with Crippen LogP contribution in [-0.2, 0) is 9.59 Å². The van der Waals surface area contributed by atoms with Gasteiger partial charge in [-0.05, 0) is 38.0 Å². The topological polar surface area (TPSA) is 57.6 Å². The van der Waals surface area contributed by atoms with Crippen molar-refractivity contribution in [3.05, 3.63) is 0 Å². The number of amides is 1. The van der Waals surface area contributed by atoms with Crippen LogP contribution in [-0.4, -0.2) is 35.0 Å². The van der Waals surface area contributed by atoms with E-state index in [0.29, 0.717) is 18.8 Å². The molecule has 0 spiro atoms. The number of hydrogen-bond donors (Lipinski definition) is 1. The van der Waals surface area contributed by atoms with Gasteiger partial charge in [0, 0.05) is 19.0 Å². The molecule has 1 aliphatic carbocycles. The summed E-state index contributed by atoms with van der Waals surface area (Å²) in [6.45, 7) is 3.89. The molecule has 1 heterocycles. The van der Waals surface area contributed by atoms with E-state index in [0.717, 1.165) is 25.9 Å². The Hall–Kier alpha value is -1.06. The predicted molar refractivity (Wildman–Crippen MR) is 63.4 cm³/mol. The second-order valence-electron chi connectivity index (χ2n) is 5.58. The van der Waals surface area contributed by atoms with Crippen LogP contribution < -0.4 is 0 Å². The third-order valence-corrected chi connectivity index (χ3v) is 4.10. The van der Waals surface area contributed by atoms with Crippen LogP contribution in [0.4, 0.5) is 0 Å².